The lowest BCUT2D eigenvalue weighted by molar-refractivity contribution is -0.879. The van der Waals surface area contributed by atoms with Gasteiger partial charge in [-0.2, -0.15) is 0 Å². The Hall–Kier alpha value is 0.210. The third kappa shape index (κ3) is 2.52. The van der Waals surface area contributed by atoms with Gasteiger partial charge in [0.25, 0.3) is 0 Å². The topological polar surface area (TPSA) is 20.2 Å². The molecule has 9 heavy (non-hydrogen) atoms. The summed E-state index contributed by atoms with van der Waals surface area (Å²) in [4.78, 5) is 0. The molecule has 2 nitrogen and oxygen atoms in total. The van der Waals surface area contributed by atoms with Crippen molar-refractivity contribution in [2.75, 3.05) is 27.2 Å². The predicted molar refractivity (Wildman–Crippen MR) is 32.5 cm³/mol. The molecule has 1 atom stereocenters. The van der Waals surface area contributed by atoms with Crippen LogP contribution in [0.15, 0.2) is 0 Å². The molecule has 0 spiro atoms. The van der Waals surface area contributed by atoms with Crippen LogP contribution in [0.4, 0.5) is 0 Å². The Labute approximate surface area is 62.5 Å². The van der Waals surface area contributed by atoms with Gasteiger partial charge >= 0.3 is 0 Å². The molecule has 0 aliphatic carbocycles. The van der Waals surface area contributed by atoms with E-state index in [0.717, 1.165) is 24.0 Å². The summed E-state index contributed by atoms with van der Waals surface area (Å²) in [7, 11) is 4.30. The second-order valence-corrected chi connectivity index (χ2v) is 3.28. The van der Waals surface area contributed by atoms with Crippen LogP contribution < -0.4 is 12.4 Å². The number of likely N-dealkylation sites (tertiary alicyclic amines) is 1. The van der Waals surface area contributed by atoms with Crippen LogP contribution >= 0.6 is 0 Å². The summed E-state index contributed by atoms with van der Waals surface area (Å²) in [5.74, 6) is 0. The van der Waals surface area contributed by atoms with Crippen molar-refractivity contribution in [3.63, 3.8) is 0 Å². The van der Waals surface area contributed by atoms with E-state index in [1.54, 1.807) is 0 Å². The first kappa shape index (κ1) is 9.21. The van der Waals surface area contributed by atoms with Crippen molar-refractivity contribution in [1.29, 1.82) is 0 Å². The van der Waals surface area contributed by atoms with Gasteiger partial charge in [-0.25, -0.2) is 0 Å². The number of likely N-dealkylation sites (N-methyl/N-ethyl adjacent to an activating group) is 1. The first-order valence-electron chi connectivity index (χ1n) is 3.10. The maximum absolute atomic E-state index is 9.05. The van der Waals surface area contributed by atoms with Crippen molar-refractivity contribution in [3.05, 3.63) is 0 Å². The summed E-state index contributed by atoms with van der Waals surface area (Å²) in [6.07, 6.45) is 0.942. The summed E-state index contributed by atoms with van der Waals surface area (Å²) < 4.78 is 0.987. The minimum absolute atomic E-state index is 0. The number of aliphatic hydroxyl groups is 1. The molecule has 1 aliphatic heterocycles. The largest absolute Gasteiger partial charge is 1.00 e. The number of nitrogens with zero attached hydrogens (tertiary/aromatic N) is 1. The molecule has 1 aliphatic rings. The van der Waals surface area contributed by atoms with E-state index in [0.29, 0.717) is 0 Å². The van der Waals surface area contributed by atoms with Gasteiger partial charge in [0.15, 0.2) is 0 Å². The fourth-order valence-electron chi connectivity index (χ4n) is 1.25. The van der Waals surface area contributed by atoms with Crippen LogP contribution in [0.2, 0.25) is 0 Å². The number of quaternary nitrogens is 1. The highest BCUT2D eigenvalue weighted by atomic mass is 35.5. The van der Waals surface area contributed by atoms with Gasteiger partial charge in [0.1, 0.15) is 12.6 Å². The molecule has 0 aromatic carbocycles. The third-order valence-corrected chi connectivity index (χ3v) is 1.77. The molecule has 56 valence electrons. The average Bonchev–Trinajstić information content (AvgIpc) is 1.82. The van der Waals surface area contributed by atoms with E-state index in [1.807, 2.05) is 0 Å². The number of hydrogen-bond acceptors (Lipinski definition) is 1. The molecule has 3 heteroatoms. The molecular formula is C6H14ClNO. The lowest BCUT2D eigenvalue weighted by Crippen LogP contribution is -3.00. The van der Waals surface area contributed by atoms with Crippen molar-refractivity contribution in [1.82, 2.24) is 0 Å². The molecule has 1 heterocycles. The fourth-order valence-corrected chi connectivity index (χ4v) is 1.25. The molecule has 1 rings (SSSR count). The fraction of sp³-hybridized carbons (Fsp3) is 1.00. The zero-order valence-electron chi connectivity index (χ0n) is 5.97. The van der Waals surface area contributed by atoms with Crippen molar-refractivity contribution in [2.24, 2.45) is 0 Å². The van der Waals surface area contributed by atoms with Crippen molar-refractivity contribution in [2.45, 2.75) is 12.5 Å². The first-order chi connectivity index (χ1) is 3.60. The van der Waals surface area contributed by atoms with E-state index in [2.05, 4.69) is 14.1 Å². The Morgan fingerprint density at radius 1 is 1.44 bits per heavy atom. The Morgan fingerprint density at radius 3 is 2.11 bits per heavy atom. The molecule has 0 aromatic heterocycles. The number of halogens is 1. The van der Waals surface area contributed by atoms with Gasteiger partial charge in [0.2, 0.25) is 0 Å². The quantitative estimate of drug-likeness (QED) is 0.363. The van der Waals surface area contributed by atoms with E-state index in [1.165, 1.54) is 0 Å². The van der Waals surface area contributed by atoms with E-state index in [-0.39, 0.29) is 18.5 Å². The molecule has 0 saturated carbocycles. The number of aliphatic hydroxyl groups excluding tert-OH is 1. The molecule has 0 radical (unpaired) electrons. The highest BCUT2D eigenvalue weighted by molar-refractivity contribution is 4.60. The van der Waals surface area contributed by atoms with Crippen LogP contribution in [-0.2, 0) is 0 Å². The van der Waals surface area contributed by atoms with Crippen molar-refractivity contribution in [3.8, 4) is 0 Å². The highest BCUT2D eigenvalue weighted by Gasteiger charge is 2.28. The number of hydrogen-bond donors (Lipinski definition) is 1. The minimum atomic E-state index is -0.0370. The Morgan fingerprint density at radius 2 is 2.00 bits per heavy atom. The minimum Gasteiger partial charge on any atom is -1.00 e. The summed E-state index contributed by atoms with van der Waals surface area (Å²) in [6, 6.07) is 0. The SMILES string of the molecule is C[N+]1(C)CCC(O)C1.[Cl-]. The predicted octanol–water partition coefficient (Wildman–Crippen LogP) is -3.17. The molecular weight excluding hydrogens is 138 g/mol. The molecule has 1 saturated heterocycles. The van der Waals surface area contributed by atoms with Crippen LogP contribution in [0.3, 0.4) is 0 Å². The third-order valence-electron chi connectivity index (χ3n) is 1.77. The summed E-state index contributed by atoms with van der Waals surface area (Å²) >= 11 is 0. The molecule has 0 aromatic rings. The maximum Gasteiger partial charge on any atom is 0.108 e. The summed E-state index contributed by atoms with van der Waals surface area (Å²) in [6.45, 7) is 2.06. The van der Waals surface area contributed by atoms with Crippen molar-refractivity contribution >= 4 is 0 Å². The van der Waals surface area contributed by atoms with Gasteiger partial charge in [-0.15, -0.1) is 0 Å². The zero-order chi connectivity index (χ0) is 6.20. The Balaban J connectivity index is 0.000000640. The smallest absolute Gasteiger partial charge is 0.108 e. The Kier molecular flexibility index (Phi) is 2.93. The van der Waals surface area contributed by atoms with E-state index >= 15 is 0 Å². The monoisotopic (exact) mass is 151 g/mol. The van der Waals surface area contributed by atoms with Gasteiger partial charge in [0, 0.05) is 6.42 Å². The molecule has 1 unspecified atom stereocenters. The number of rotatable bonds is 0. The average molecular weight is 152 g/mol. The van der Waals surface area contributed by atoms with Crippen LogP contribution in [0.1, 0.15) is 6.42 Å². The second-order valence-electron chi connectivity index (χ2n) is 3.28. The van der Waals surface area contributed by atoms with Gasteiger partial charge in [-0.3, -0.25) is 0 Å². The Bertz CT molecular complexity index is 95.1. The molecule has 1 fully saturated rings. The second kappa shape index (κ2) is 2.86. The van der Waals surface area contributed by atoms with Gasteiger partial charge in [-0.1, -0.05) is 0 Å². The van der Waals surface area contributed by atoms with Crippen LogP contribution in [0.5, 0.6) is 0 Å². The first-order valence-corrected chi connectivity index (χ1v) is 3.10. The van der Waals surface area contributed by atoms with Crippen LogP contribution in [-0.4, -0.2) is 42.9 Å². The van der Waals surface area contributed by atoms with Crippen molar-refractivity contribution < 1.29 is 22.0 Å². The van der Waals surface area contributed by atoms with Gasteiger partial charge in [-0.05, 0) is 0 Å². The zero-order valence-corrected chi connectivity index (χ0v) is 6.73. The lowest BCUT2D eigenvalue weighted by atomic mass is 10.3. The summed E-state index contributed by atoms with van der Waals surface area (Å²) in [5, 5.41) is 9.05. The van der Waals surface area contributed by atoms with Crippen LogP contribution in [0.25, 0.3) is 0 Å². The van der Waals surface area contributed by atoms with Gasteiger partial charge in [0.05, 0.1) is 20.6 Å². The molecule has 0 amide bonds. The van der Waals surface area contributed by atoms with E-state index < -0.39 is 0 Å². The van der Waals surface area contributed by atoms with Gasteiger partial charge < -0.3 is 22.0 Å². The van der Waals surface area contributed by atoms with E-state index in [4.69, 9.17) is 5.11 Å². The highest BCUT2D eigenvalue weighted by Crippen LogP contribution is 2.12. The van der Waals surface area contributed by atoms with Crippen LogP contribution in [0, 0.1) is 0 Å². The maximum atomic E-state index is 9.05. The summed E-state index contributed by atoms with van der Waals surface area (Å²) in [5.41, 5.74) is 0. The molecule has 0 bridgehead atoms. The molecule has 1 N–H and O–H groups in total. The standard InChI is InChI=1S/C6H14NO.ClH/c1-7(2)4-3-6(8)5-7;/h6,8H,3-5H2,1-2H3;1H/q+1;/p-1. The van der Waals surface area contributed by atoms with E-state index in [9.17, 15) is 0 Å². The lowest BCUT2D eigenvalue weighted by Gasteiger charge is -2.22. The normalized spacial score (nSPS) is 31.7.